The summed E-state index contributed by atoms with van der Waals surface area (Å²) in [6.45, 7) is 0. The molecular weight excluding hydrogens is 195 g/mol. The van der Waals surface area contributed by atoms with Crippen molar-refractivity contribution in [2.75, 3.05) is 7.11 Å². The Morgan fingerprint density at radius 3 is 2.75 bits per heavy atom. The number of hydrogen-bond acceptors (Lipinski definition) is 1. The lowest BCUT2D eigenvalue weighted by Crippen LogP contribution is -1.94. The molecule has 1 aromatic rings. The van der Waals surface area contributed by atoms with Gasteiger partial charge in [-0.25, -0.2) is 0 Å². The number of benzene rings is 1. The van der Waals surface area contributed by atoms with Gasteiger partial charge in [0.05, 0.1) is 7.11 Å². The Balaban J connectivity index is 2.72. The van der Waals surface area contributed by atoms with E-state index in [4.69, 9.17) is 27.9 Å². The lowest BCUT2D eigenvalue weighted by Gasteiger charge is -2.04. The van der Waals surface area contributed by atoms with Crippen LogP contribution in [0.15, 0.2) is 24.3 Å². The van der Waals surface area contributed by atoms with E-state index in [-0.39, 0.29) is 4.84 Å². The van der Waals surface area contributed by atoms with Crippen LogP contribution >= 0.6 is 23.2 Å². The van der Waals surface area contributed by atoms with Gasteiger partial charge in [-0.05, 0) is 17.7 Å². The molecule has 0 unspecified atom stereocenters. The van der Waals surface area contributed by atoms with Crippen LogP contribution in [0.3, 0.4) is 0 Å². The van der Waals surface area contributed by atoms with Gasteiger partial charge in [-0.2, -0.15) is 0 Å². The first-order valence-electron chi connectivity index (χ1n) is 3.63. The Morgan fingerprint density at radius 2 is 2.17 bits per heavy atom. The third-order valence-electron chi connectivity index (χ3n) is 1.52. The summed E-state index contributed by atoms with van der Waals surface area (Å²) in [6, 6.07) is 7.71. The summed E-state index contributed by atoms with van der Waals surface area (Å²) in [5, 5.41) is 0. The number of alkyl halides is 2. The lowest BCUT2D eigenvalue weighted by molar-refractivity contribution is 0.414. The van der Waals surface area contributed by atoms with Crippen molar-refractivity contribution in [3.63, 3.8) is 0 Å². The number of methoxy groups -OCH3 is 1. The van der Waals surface area contributed by atoms with Crippen LogP contribution in [-0.2, 0) is 6.42 Å². The van der Waals surface area contributed by atoms with E-state index in [1.807, 2.05) is 24.3 Å². The highest BCUT2D eigenvalue weighted by molar-refractivity contribution is 6.44. The second kappa shape index (κ2) is 4.58. The minimum atomic E-state index is -0.350. The van der Waals surface area contributed by atoms with Crippen molar-refractivity contribution in [2.45, 2.75) is 11.3 Å². The van der Waals surface area contributed by atoms with E-state index in [0.717, 1.165) is 11.3 Å². The molecule has 0 N–H and O–H groups in total. The molecule has 0 spiro atoms. The average Bonchev–Trinajstić information content (AvgIpc) is 2.03. The SMILES string of the molecule is COc1cccc(CC(Cl)Cl)c1. The monoisotopic (exact) mass is 204 g/mol. The molecule has 0 aromatic heterocycles. The van der Waals surface area contributed by atoms with Crippen molar-refractivity contribution in [3.05, 3.63) is 29.8 Å². The molecular formula is C9H10Cl2O. The summed E-state index contributed by atoms with van der Waals surface area (Å²) in [6.07, 6.45) is 0.653. The summed E-state index contributed by atoms with van der Waals surface area (Å²) in [4.78, 5) is -0.350. The fourth-order valence-electron chi connectivity index (χ4n) is 0.978. The molecule has 0 aliphatic heterocycles. The average molecular weight is 205 g/mol. The van der Waals surface area contributed by atoms with E-state index in [1.54, 1.807) is 7.11 Å². The van der Waals surface area contributed by atoms with Crippen molar-refractivity contribution < 1.29 is 4.74 Å². The van der Waals surface area contributed by atoms with Crippen LogP contribution in [0.5, 0.6) is 5.75 Å². The second-order valence-corrected chi connectivity index (χ2v) is 3.72. The molecule has 1 rings (SSSR count). The van der Waals surface area contributed by atoms with Gasteiger partial charge < -0.3 is 4.74 Å². The molecule has 0 atom stereocenters. The fraction of sp³-hybridized carbons (Fsp3) is 0.333. The topological polar surface area (TPSA) is 9.23 Å². The first-order valence-corrected chi connectivity index (χ1v) is 4.50. The van der Waals surface area contributed by atoms with Crippen LogP contribution in [0.25, 0.3) is 0 Å². The maximum Gasteiger partial charge on any atom is 0.119 e. The van der Waals surface area contributed by atoms with Crippen molar-refractivity contribution in [2.24, 2.45) is 0 Å². The van der Waals surface area contributed by atoms with Crippen LogP contribution in [0.1, 0.15) is 5.56 Å². The molecule has 1 nitrogen and oxygen atoms in total. The van der Waals surface area contributed by atoms with Gasteiger partial charge in [-0.3, -0.25) is 0 Å². The molecule has 0 saturated carbocycles. The van der Waals surface area contributed by atoms with E-state index in [9.17, 15) is 0 Å². The largest absolute Gasteiger partial charge is 0.497 e. The zero-order chi connectivity index (χ0) is 8.97. The van der Waals surface area contributed by atoms with E-state index in [1.165, 1.54) is 0 Å². The summed E-state index contributed by atoms with van der Waals surface area (Å²) in [7, 11) is 1.64. The van der Waals surface area contributed by atoms with Crippen LogP contribution in [0, 0.1) is 0 Å². The Morgan fingerprint density at radius 1 is 1.42 bits per heavy atom. The normalized spacial score (nSPS) is 10.3. The van der Waals surface area contributed by atoms with E-state index in [2.05, 4.69) is 0 Å². The van der Waals surface area contributed by atoms with Crippen LogP contribution in [0.2, 0.25) is 0 Å². The number of halogens is 2. The summed E-state index contributed by atoms with van der Waals surface area (Å²) in [5.41, 5.74) is 1.09. The minimum Gasteiger partial charge on any atom is -0.497 e. The van der Waals surface area contributed by atoms with E-state index in [0.29, 0.717) is 6.42 Å². The quantitative estimate of drug-likeness (QED) is 0.689. The highest BCUT2D eigenvalue weighted by Gasteiger charge is 2.01. The highest BCUT2D eigenvalue weighted by Crippen LogP contribution is 2.16. The van der Waals surface area contributed by atoms with Gasteiger partial charge in [0.25, 0.3) is 0 Å². The summed E-state index contributed by atoms with van der Waals surface area (Å²) in [5.74, 6) is 0.835. The molecule has 0 amide bonds. The van der Waals surface area contributed by atoms with Gasteiger partial charge in [0.1, 0.15) is 10.6 Å². The van der Waals surface area contributed by atoms with Gasteiger partial charge in [0.2, 0.25) is 0 Å². The molecule has 0 aliphatic carbocycles. The second-order valence-electron chi connectivity index (χ2n) is 2.45. The maximum atomic E-state index is 5.63. The maximum absolute atomic E-state index is 5.63. The molecule has 0 fully saturated rings. The van der Waals surface area contributed by atoms with Gasteiger partial charge in [0, 0.05) is 6.42 Å². The first-order chi connectivity index (χ1) is 5.72. The zero-order valence-electron chi connectivity index (χ0n) is 6.76. The molecule has 0 heterocycles. The van der Waals surface area contributed by atoms with Gasteiger partial charge in [-0.1, -0.05) is 12.1 Å². The number of ether oxygens (including phenoxy) is 1. The molecule has 1 aromatic carbocycles. The van der Waals surface area contributed by atoms with Crippen molar-refractivity contribution in [1.82, 2.24) is 0 Å². The molecule has 0 radical (unpaired) electrons. The first kappa shape index (κ1) is 9.69. The minimum absolute atomic E-state index is 0.350. The molecule has 12 heavy (non-hydrogen) atoms. The zero-order valence-corrected chi connectivity index (χ0v) is 8.27. The Bertz CT molecular complexity index is 248. The predicted molar refractivity (Wildman–Crippen MR) is 52.2 cm³/mol. The number of hydrogen-bond donors (Lipinski definition) is 0. The Kier molecular flexibility index (Phi) is 3.70. The molecule has 3 heteroatoms. The molecule has 0 bridgehead atoms. The predicted octanol–water partition coefficient (Wildman–Crippen LogP) is 3.04. The third kappa shape index (κ3) is 2.92. The molecule has 0 aliphatic rings. The summed E-state index contributed by atoms with van der Waals surface area (Å²) < 4.78 is 5.05. The standard InChI is InChI=1S/C9H10Cl2O/c1-12-8-4-2-3-7(5-8)6-9(10)11/h2-5,9H,6H2,1H3. The number of rotatable bonds is 3. The smallest absolute Gasteiger partial charge is 0.119 e. The van der Waals surface area contributed by atoms with Crippen molar-refractivity contribution in [3.8, 4) is 5.75 Å². The van der Waals surface area contributed by atoms with Gasteiger partial charge >= 0.3 is 0 Å². The van der Waals surface area contributed by atoms with Gasteiger partial charge in [-0.15, -0.1) is 23.2 Å². The Hall–Kier alpha value is -0.400. The highest BCUT2D eigenvalue weighted by atomic mass is 35.5. The van der Waals surface area contributed by atoms with Crippen LogP contribution < -0.4 is 4.74 Å². The molecule has 66 valence electrons. The van der Waals surface area contributed by atoms with E-state index < -0.39 is 0 Å². The van der Waals surface area contributed by atoms with Gasteiger partial charge in [0.15, 0.2) is 0 Å². The summed E-state index contributed by atoms with van der Waals surface area (Å²) >= 11 is 11.3. The Labute approximate surface area is 82.2 Å². The molecule has 0 saturated heterocycles. The lowest BCUT2D eigenvalue weighted by atomic mass is 10.2. The van der Waals surface area contributed by atoms with Crippen molar-refractivity contribution >= 4 is 23.2 Å². The van der Waals surface area contributed by atoms with Crippen molar-refractivity contribution in [1.29, 1.82) is 0 Å². The fourth-order valence-corrected chi connectivity index (χ4v) is 1.33. The van der Waals surface area contributed by atoms with Crippen LogP contribution in [-0.4, -0.2) is 11.9 Å². The van der Waals surface area contributed by atoms with Crippen LogP contribution in [0.4, 0.5) is 0 Å². The van der Waals surface area contributed by atoms with E-state index >= 15 is 0 Å². The third-order valence-corrected chi connectivity index (χ3v) is 1.83.